The molecule has 1 fully saturated rings. The molecule has 1 aliphatic heterocycles. The summed E-state index contributed by atoms with van der Waals surface area (Å²) in [7, 11) is 2.09. The van der Waals surface area contributed by atoms with Crippen molar-refractivity contribution >= 4 is 17.1 Å². The average molecular weight is 364 g/mol. The minimum atomic E-state index is 0.425. The van der Waals surface area contributed by atoms with Crippen molar-refractivity contribution in [3.8, 4) is 0 Å². The predicted molar refractivity (Wildman–Crippen MR) is 111 cm³/mol. The number of anilines is 1. The van der Waals surface area contributed by atoms with E-state index in [2.05, 4.69) is 78.6 Å². The van der Waals surface area contributed by atoms with E-state index in [0.717, 1.165) is 49.8 Å². The Hall–Kier alpha value is -2.40. The summed E-state index contributed by atoms with van der Waals surface area (Å²) in [6.45, 7) is 11.7. The first-order chi connectivity index (χ1) is 13.0. The maximum absolute atomic E-state index is 4.92. The largest absolute Gasteiger partial charge is 0.340 e. The first kappa shape index (κ1) is 18.0. The lowest BCUT2D eigenvalue weighted by Gasteiger charge is -2.35. The zero-order valence-electron chi connectivity index (χ0n) is 16.8. The van der Waals surface area contributed by atoms with E-state index >= 15 is 0 Å². The van der Waals surface area contributed by atoms with E-state index in [4.69, 9.17) is 9.97 Å². The summed E-state index contributed by atoms with van der Waals surface area (Å²) < 4.78 is 2.16. The number of imidazole rings is 1. The molecule has 5 heteroatoms. The molecule has 27 heavy (non-hydrogen) atoms. The Labute approximate surface area is 161 Å². The number of hydrogen-bond acceptors (Lipinski definition) is 4. The van der Waals surface area contributed by atoms with Crippen LogP contribution in [-0.2, 0) is 13.6 Å². The van der Waals surface area contributed by atoms with Gasteiger partial charge in [0.05, 0.1) is 0 Å². The summed E-state index contributed by atoms with van der Waals surface area (Å²) in [5.74, 6) is 1.46. The molecule has 1 saturated heterocycles. The minimum absolute atomic E-state index is 0.425. The van der Waals surface area contributed by atoms with Crippen LogP contribution in [0.25, 0.3) is 11.2 Å². The smallest absolute Gasteiger partial charge is 0.207 e. The molecule has 0 amide bonds. The van der Waals surface area contributed by atoms with Gasteiger partial charge in [-0.25, -0.2) is 9.97 Å². The van der Waals surface area contributed by atoms with Crippen molar-refractivity contribution in [2.75, 3.05) is 31.1 Å². The van der Waals surface area contributed by atoms with Gasteiger partial charge in [-0.1, -0.05) is 44.2 Å². The fourth-order valence-electron chi connectivity index (χ4n) is 4.02. The van der Waals surface area contributed by atoms with E-state index in [1.807, 2.05) is 0 Å². The molecule has 0 bridgehead atoms. The second kappa shape index (κ2) is 7.31. The molecule has 0 radical (unpaired) electrons. The molecule has 0 unspecified atom stereocenters. The second-order valence-electron chi connectivity index (χ2n) is 7.91. The number of piperazine rings is 1. The summed E-state index contributed by atoms with van der Waals surface area (Å²) in [6, 6.07) is 12.9. The van der Waals surface area contributed by atoms with Crippen molar-refractivity contribution in [3.63, 3.8) is 0 Å². The fourth-order valence-corrected chi connectivity index (χ4v) is 4.02. The van der Waals surface area contributed by atoms with Crippen molar-refractivity contribution < 1.29 is 0 Å². The molecule has 3 heterocycles. The third kappa shape index (κ3) is 3.56. The molecule has 4 rings (SSSR count). The molecule has 0 N–H and O–H groups in total. The molecular formula is C22H29N5. The molecule has 5 nitrogen and oxygen atoms in total. The molecule has 2 aromatic heterocycles. The Morgan fingerprint density at radius 1 is 1.00 bits per heavy atom. The fraction of sp³-hybridized carbons (Fsp3) is 0.455. The highest BCUT2D eigenvalue weighted by atomic mass is 15.4. The molecule has 0 aliphatic carbocycles. The van der Waals surface area contributed by atoms with Gasteiger partial charge in [-0.15, -0.1) is 0 Å². The Kier molecular flexibility index (Phi) is 4.87. The number of aromatic nitrogens is 3. The van der Waals surface area contributed by atoms with E-state index in [0.29, 0.717) is 5.92 Å². The van der Waals surface area contributed by atoms with Gasteiger partial charge < -0.3 is 4.90 Å². The SMILES string of the molecule is Cc1cc2nc(N3CCN(Cc4ccccc4)CC3)n(C)c2nc1C(C)C. The molecule has 1 aliphatic rings. The van der Waals surface area contributed by atoms with Crippen LogP contribution in [0.5, 0.6) is 0 Å². The lowest BCUT2D eigenvalue weighted by atomic mass is 10.0. The highest BCUT2D eigenvalue weighted by Gasteiger charge is 2.22. The van der Waals surface area contributed by atoms with Gasteiger partial charge in [-0.05, 0) is 30.0 Å². The van der Waals surface area contributed by atoms with Crippen molar-refractivity contribution in [1.29, 1.82) is 0 Å². The van der Waals surface area contributed by atoms with Crippen LogP contribution in [0.2, 0.25) is 0 Å². The van der Waals surface area contributed by atoms with E-state index < -0.39 is 0 Å². The summed E-state index contributed by atoms with van der Waals surface area (Å²) in [6.07, 6.45) is 0. The number of aryl methyl sites for hydroxylation is 2. The summed E-state index contributed by atoms with van der Waals surface area (Å²) >= 11 is 0. The summed E-state index contributed by atoms with van der Waals surface area (Å²) in [5, 5.41) is 0. The van der Waals surface area contributed by atoms with E-state index in [9.17, 15) is 0 Å². The van der Waals surface area contributed by atoms with Crippen molar-refractivity contribution in [2.24, 2.45) is 7.05 Å². The predicted octanol–water partition coefficient (Wildman–Crippen LogP) is 3.72. The van der Waals surface area contributed by atoms with Gasteiger partial charge in [0, 0.05) is 45.5 Å². The third-order valence-corrected chi connectivity index (χ3v) is 5.50. The molecule has 0 saturated carbocycles. The number of fused-ring (bicyclic) bond motifs is 1. The topological polar surface area (TPSA) is 37.2 Å². The maximum Gasteiger partial charge on any atom is 0.207 e. The second-order valence-corrected chi connectivity index (χ2v) is 7.91. The Balaban J connectivity index is 1.51. The number of benzene rings is 1. The van der Waals surface area contributed by atoms with Crippen molar-refractivity contribution in [1.82, 2.24) is 19.4 Å². The average Bonchev–Trinajstić information content (AvgIpc) is 2.98. The lowest BCUT2D eigenvalue weighted by Crippen LogP contribution is -2.46. The minimum Gasteiger partial charge on any atom is -0.340 e. The van der Waals surface area contributed by atoms with Gasteiger partial charge in [0.15, 0.2) is 5.65 Å². The van der Waals surface area contributed by atoms with Crippen molar-refractivity contribution in [3.05, 3.63) is 53.2 Å². The molecular weight excluding hydrogens is 334 g/mol. The highest BCUT2D eigenvalue weighted by Crippen LogP contribution is 2.26. The van der Waals surface area contributed by atoms with Crippen LogP contribution in [0.15, 0.2) is 36.4 Å². The van der Waals surface area contributed by atoms with Crippen LogP contribution in [-0.4, -0.2) is 45.6 Å². The number of pyridine rings is 1. The lowest BCUT2D eigenvalue weighted by molar-refractivity contribution is 0.248. The third-order valence-electron chi connectivity index (χ3n) is 5.50. The van der Waals surface area contributed by atoms with Gasteiger partial charge in [0.1, 0.15) is 5.52 Å². The molecule has 1 aromatic carbocycles. The number of nitrogens with zero attached hydrogens (tertiary/aromatic N) is 5. The zero-order valence-corrected chi connectivity index (χ0v) is 16.8. The molecule has 3 aromatic rings. The van der Waals surface area contributed by atoms with E-state index in [1.165, 1.54) is 16.8 Å². The van der Waals surface area contributed by atoms with Crippen LogP contribution >= 0.6 is 0 Å². The van der Waals surface area contributed by atoms with Gasteiger partial charge in [-0.2, -0.15) is 0 Å². The first-order valence-electron chi connectivity index (χ1n) is 9.88. The summed E-state index contributed by atoms with van der Waals surface area (Å²) in [5.41, 5.74) is 5.78. The van der Waals surface area contributed by atoms with Crippen LogP contribution in [0.3, 0.4) is 0 Å². The normalized spacial score (nSPS) is 15.8. The number of hydrogen-bond donors (Lipinski definition) is 0. The van der Waals surface area contributed by atoms with Gasteiger partial charge in [0.25, 0.3) is 0 Å². The molecule has 142 valence electrons. The first-order valence-corrected chi connectivity index (χ1v) is 9.88. The van der Waals surface area contributed by atoms with Crippen LogP contribution in [0.1, 0.15) is 36.6 Å². The Morgan fingerprint density at radius 2 is 1.70 bits per heavy atom. The monoisotopic (exact) mass is 363 g/mol. The molecule has 0 atom stereocenters. The van der Waals surface area contributed by atoms with Crippen LogP contribution < -0.4 is 4.90 Å². The standard InChI is InChI=1S/C22H29N5/c1-16(2)20-17(3)14-19-21(24-20)25(4)22(23-19)27-12-10-26(11-13-27)15-18-8-6-5-7-9-18/h5-9,14,16H,10-13,15H2,1-4H3. The zero-order chi connectivity index (χ0) is 19.0. The van der Waals surface area contributed by atoms with Gasteiger partial charge in [-0.3, -0.25) is 9.47 Å². The highest BCUT2D eigenvalue weighted by molar-refractivity contribution is 5.76. The molecule has 0 spiro atoms. The van der Waals surface area contributed by atoms with Crippen molar-refractivity contribution in [2.45, 2.75) is 33.2 Å². The van der Waals surface area contributed by atoms with E-state index in [-0.39, 0.29) is 0 Å². The summed E-state index contributed by atoms with van der Waals surface area (Å²) in [4.78, 5) is 14.8. The van der Waals surface area contributed by atoms with Crippen LogP contribution in [0, 0.1) is 6.92 Å². The van der Waals surface area contributed by atoms with Crippen LogP contribution in [0.4, 0.5) is 5.95 Å². The Morgan fingerprint density at radius 3 is 2.37 bits per heavy atom. The number of rotatable bonds is 4. The quantitative estimate of drug-likeness (QED) is 0.708. The van der Waals surface area contributed by atoms with Gasteiger partial charge >= 0.3 is 0 Å². The van der Waals surface area contributed by atoms with Gasteiger partial charge in [0.2, 0.25) is 5.95 Å². The maximum atomic E-state index is 4.92. The van der Waals surface area contributed by atoms with E-state index in [1.54, 1.807) is 0 Å². The Bertz CT molecular complexity index is 921.